The summed E-state index contributed by atoms with van der Waals surface area (Å²) in [5, 5.41) is 1.17. The number of carbonyl (C=O) groups excluding carboxylic acids is 1. The van der Waals surface area contributed by atoms with E-state index in [9.17, 15) is 9.59 Å². The summed E-state index contributed by atoms with van der Waals surface area (Å²) >= 11 is 6.09. The maximum Gasteiger partial charge on any atom is 0.282 e. The summed E-state index contributed by atoms with van der Waals surface area (Å²) in [7, 11) is 3.26. The molecule has 0 unspecified atom stereocenters. The van der Waals surface area contributed by atoms with E-state index in [1.807, 2.05) is 0 Å². The van der Waals surface area contributed by atoms with Gasteiger partial charge in [0.05, 0.1) is 18.3 Å². The van der Waals surface area contributed by atoms with Gasteiger partial charge in [0.15, 0.2) is 17.3 Å². The molecule has 38 heavy (non-hydrogen) atoms. The number of ether oxygens (including phenoxy) is 2. The normalized spacial score (nSPS) is 11.1. The first kappa shape index (κ1) is 25.2. The van der Waals surface area contributed by atoms with Gasteiger partial charge in [-0.2, -0.15) is 0 Å². The Labute approximate surface area is 222 Å². The van der Waals surface area contributed by atoms with Gasteiger partial charge in [-0.1, -0.05) is 23.7 Å². The third-order valence-electron chi connectivity index (χ3n) is 6.38. The fraction of sp³-hybridized carbons (Fsp3) is 0.138. The van der Waals surface area contributed by atoms with Crippen molar-refractivity contribution in [2.75, 3.05) is 7.11 Å². The van der Waals surface area contributed by atoms with E-state index in [2.05, 4.69) is 4.98 Å². The smallest absolute Gasteiger partial charge is 0.282 e. The highest BCUT2D eigenvalue weighted by molar-refractivity contribution is 6.30. The van der Waals surface area contributed by atoms with Crippen molar-refractivity contribution in [3.8, 4) is 22.9 Å². The molecule has 0 aliphatic rings. The van der Waals surface area contributed by atoms with Crippen LogP contribution in [0.4, 0.5) is 4.39 Å². The Kier molecular flexibility index (Phi) is 6.73. The molecule has 9 heteroatoms. The van der Waals surface area contributed by atoms with Crippen LogP contribution < -0.4 is 15.0 Å². The second-order valence-electron chi connectivity index (χ2n) is 8.74. The molecule has 2 aromatic heterocycles. The molecule has 0 N–H and O–H groups in total. The summed E-state index contributed by atoms with van der Waals surface area (Å²) in [5.74, 6) is 0.0434. The highest BCUT2D eigenvalue weighted by Gasteiger charge is 2.23. The second-order valence-corrected chi connectivity index (χ2v) is 9.18. The number of ketones is 1. The first-order chi connectivity index (χ1) is 18.3. The van der Waals surface area contributed by atoms with E-state index < -0.39 is 17.2 Å². The molecule has 0 aliphatic heterocycles. The number of pyridine rings is 1. The number of rotatable bonds is 7. The summed E-state index contributed by atoms with van der Waals surface area (Å²) in [6, 6.07) is 18.1. The molecule has 2 heterocycles. The van der Waals surface area contributed by atoms with E-state index >= 15 is 4.39 Å². The second kappa shape index (κ2) is 10.1. The summed E-state index contributed by atoms with van der Waals surface area (Å²) in [4.78, 5) is 30.7. The number of halogens is 2. The first-order valence-corrected chi connectivity index (χ1v) is 12.1. The zero-order valence-corrected chi connectivity index (χ0v) is 21.6. The molecule has 3 aromatic carbocycles. The van der Waals surface area contributed by atoms with Gasteiger partial charge in [0.1, 0.15) is 17.1 Å². The summed E-state index contributed by atoms with van der Waals surface area (Å²) in [5.41, 5.74) is 1.70. The van der Waals surface area contributed by atoms with Crippen LogP contribution in [0.25, 0.3) is 16.6 Å². The maximum atomic E-state index is 15.0. The third-order valence-corrected chi connectivity index (χ3v) is 6.61. The van der Waals surface area contributed by atoms with Gasteiger partial charge in [0.2, 0.25) is 0 Å². The van der Waals surface area contributed by atoms with Gasteiger partial charge in [-0.15, -0.1) is 0 Å². The van der Waals surface area contributed by atoms with E-state index in [0.717, 1.165) is 0 Å². The molecule has 0 saturated carbocycles. The molecule has 0 amide bonds. The number of hydrogen-bond donors (Lipinski definition) is 0. The largest absolute Gasteiger partial charge is 0.497 e. The van der Waals surface area contributed by atoms with E-state index in [1.165, 1.54) is 16.8 Å². The standard InChI is InChI=1S/C29H23ClFN3O4/c1-17-28(29(36)34(33(17)2)20-6-4-5-19(30)15-20)25(35)14-18-7-10-27(23(31)13-18)38-26-11-12-32-24-16-21(37-3)8-9-22(24)26/h4-13,15-16H,14H2,1-3H3. The van der Waals surface area contributed by atoms with Crippen LogP contribution in [0.1, 0.15) is 21.6 Å². The molecular weight excluding hydrogens is 509 g/mol. The molecule has 7 nitrogen and oxygen atoms in total. The number of fused-ring (bicyclic) bond motifs is 1. The van der Waals surface area contributed by atoms with Crippen LogP contribution in [-0.4, -0.2) is 27.2 Å². The van der Waals surface area contributed by atoms with Crippen molar-refractivity contribution in [2.45, 2.75) is 13.3 Å². The average Bonchev–Trinajstić information content (AvgIpc) is 3.12. The Balaban J connectivity index is 1.40. The zero-order chi connectivity index (χ0) is 27.0. The molecule has 0 saturated heterocycles. The quantitative estimate of drug-likeness (QED) is 0.239. The van der Waals surface area contributed by atoms with Crippen molar-refractivity contribution in [3.63, 3.8) is 0 Å². The number of nitrogens with zero attached hydrogens (tertiary/aromatic N) is 3. The molecule has 0 aliphatic carbocycles. The van der Waals surface area contributed by atoms with Crippen LogP contribution >= 0.6 is 11.6 Å². The molecule has 5 aromatic rings. The predicted octanol–water partition coefficient (Wildman–Crippen LogP) is 6.05. The van der Waals surface area contributed by atoms with Crippen LogP contribution in [0, 0.1) is 12.7 Å². The van der Waals surface area contributed by atoms with Gasteiger partial charge < -0.3 is 9.47 Å². The van der Waals surface area contributed by atoms with E-state index in [4.69, 9.17) is 21.1 Å². The Morgan fingerprint density at radius 1 is 1.05 bits per heavy atom. The Morgan fingerprint density at radius 2 is 1.87 bits per heavy atom. The number of hydrogen-bond acceptors (Lipinski definition) is 5. The highest BCUT2D eigenvalue weighted by Crippen LogP contribution is 2.32. The van der Waals surface area contributed by atoms with Crippen LogP contribution in [0.2, 0.25) is 5.02 Å². The van der Waals surface area contributed by atoms with Crippen molar-refractivity contribution in [3.05, 3.63) is 111 Å². The summed E-state index contributed by atoms with van der Waals surface area (Å²) in [6.45, 7) is 1.70. The summed E-state index contributed by atoms with van der Waals surface area (Å²) in [6.07, 6.45) is 1.42. The lowest BCUT2D eigenvalue weighted by atomic mass is 10.0. The molecule has 5 rings (SSSR count). The van der Waals surface area contributed by atoms with Gasteiger partial charge in [-0.3, -0.25) is 19.3 Å². The fourth-order valence-electron chi connectivity index (χ4n) is 4.38. The number of carbonyl (C=O) groups is 1. The topological polar surface area (TPSA) is 75.3 Å². The minimum Gasteiger partial charge on any atom is -0.497 e. The monoisotopic (exact) mass is 531 g/mol. The van der Waals surface area contributed by atoms with Gasteiger partial charge >= 0.3 is 0 Å². The SMILES string of the molecule is COc1ccc2c(Oc3ccc(CC(=O)c4c(C)n(C)n(-c5cccc(Cl)c5)c4=O)cc3F)ccnc2c1. The zero-order valence-electron chi connectivity index (χ0n) is 20.9. The Bertz CT molecular complexity index is 1760. The van der Waals surface area contributed by atoms with E-state index in [0.29, 0.717) is 44.4 Å². The number of aromatic nitrogens is 3. The minimum absolute atomic E-state index is 0.00345. The number of methoxy groups -OCH3 is 1. The Morgan fingerprint density at radius 3 is 2.61 bits per heavy atom. The summed E-state index contributed by atoms with van der Waals surface area (Å²) < 4.78 is 29.1. The van der Waals surface area contributed by atoms with E-state index in [-0.39, 0.29) is 17.7 Å². The van der Waals surface area contributed by atoms with Gasteiger partial charge in [0, 0.05) is 41.8 Å². The lowest BCUT2D eigenvalue weighted by Gasteiger charge is -2.11. The average molecular weight is 532 g/mol. The van der Waals surface area contributed by atoms with Crippen molar-refractivity contribution in [2.24, 2.45) is 7.05 Å². The van der Waals surface area contributed by atoms with Gasteiger partial charge in [0.25, 0.3) is 5.56 Å². The molecular formula is C29H23ClFN3O4. The van der Waals surface area contributed by atoms with Crippen molar-refractivity contribution < 1.29 is 18.7 Å². The molecule has 0 atom stereocenters. The molecule has 0 spiro atoms. The molecule has 0 fully saturated rings. The van der Waals surface area contributed by atoms with E-state index in [1.54, 1.807) is 86.6 Å². The Hall–Kier alpha value is -4.43. The lowest BCUT2D eigenvalue weighted by molar-refractivity contribution is 0.0991. The van der Waals surface area contributed by atoms with Gasteiger partial charge in [-0.25, -0.2) is 9.07 Å². The molecule has 0 bridgehead atoms. The fourth-order valence-corrected chi connectivity index (χ4v) is 4.56. The molecule has 192 valence electrons. The van der Waals surface area contributed by atoms with Crippen molar-refractivity contribution in [1.82, 2.24) is 14.3 Å². The van der Waals surface area contributed by atoms with Crippen LogP contribution in [0.15, 0.2) is 77.7 Å². The van der Waals surface area contributed by atoms with Crippen LogP contribution in [-0.2, 0) is 13.5 Å². The van der Waals surface area contributed by atoms with Crippen molar-refractivity contribution >= 4 is 28.3 Å². The van der Waals surface area contributed by atoms with Crippen LogP contribution in [0.5, 0.6) is 17.2 Å². The first-order valence-electron chi connectivity index (χ1n) is 11.7. The van der Waals surface area contributed by atoms with Crippen molar-refractivity contribution in [1.29, 1.82) is 0 Å². The minimum atomic E-state index is -0.630. The number of benzene rings is 3. The predicted molar refractivity (Wildman–Crippen MR) is 144 cm³/mol. The highest BCUT2D eigenvalue weighted by atomic mass is 35.5. The molecule has 0 radical (unpaired) electrons. The maximum absolute atomic E-state index is 15.0. The van der Waals surface area contributed by atoms with Gasteiger partial charge in [-0.05, 0) is 61.0 Å². The third kappa shape index (κ3) is 4.66. The number of Topliss-reactive ketones (excluding diaryl/α,β-unsaturated/α-hetero) is 1. The van der Waals surface area contributed by atoms with Crippen LogP contribution in [0.3, 0.4) is 0 Å². The lowest BCUT2D eigenvalue weighted by Crippen LogP contribution is -2.23.